The molecule has 150 valence electrons. The third kappa shape index (κ3) is 7.33. The van der Waals surface area contributed by atoms with Gasteiger partial charge in [0.05, 0.1) is 0 Å². The molecular weight excluding hydrogens is 316 g/mol. The van der Waals surface area contributed by atoms with Gasteiger partial charge in [-0.2, -0.15) is 0 Å². The highest BCUT2D eigenvalue weighted by molar-refractivity contribution is 5.50. The number of rotatable bonds is 9. The second-order valence-corrected chi connectivity index (χ2v) is 10.4. The van der Waals surface area contributed by atoms with E-state index in [0.29, 0.717) is 11.7 Å². The predicted molar refractivity (Wildman–Crippen MR) is 116 cm³/mol. The molecule has 0 heterocycles. The minimum atomic E-state index is -0.0391. The SMILES string of the molecule is CCCCCCCCC(C)Cc1cc(C(C)(C)C)c(O)c(C(C)(C)C)c1. The van der Waals surface area contributed by atoms with Crippen LogP contribution in [0.2, 0.25) is 0 Å². The highest BCUT2D eigenvalue weighted by atomic mass is 16.3. The molecule has 0 aliphatic heterocycles. The fourth-order valence-corrected chi connectivity index (χ4v) is 3.73. The molecular formula is C25H44O. The van der Waals surface area contributed by atoms with Gasteiger partial charge in [-0.15, -0.1) is 0 Å². The van der Waals surface area contributed by atoms with Gasteiger partial charge in [-0.1, -0.05) is 112 Å². The number of hydrogen-bond donors (Lipinski definition) is 1. The van der Waals surface area contributed by atoms with E-state index in [9.17, 15) is 5.11 Å². The van der Waals surface area contributed by atoms with E-state index < -0.39 is 0 Å². The van der Waals surface area contributed by atoms with Crippen LogP contribution >= 0.6 is 0 Å². The van der Waals surface area contributed by atoms with Crippen LogP contribution in [0.4, 0.5) is 0 Å². The van der Waals surface area contributed by atoms with Gasteiger partial charge in [0.2, 0.25) is 0 Å². The molecule has 1 nitrogen and oxygen atoms in total. The highest BCUT2D eigenvalue weighted by Crippen LogP contribution is 2.40. The molecule has 1 unspecified atom stereocenters. The van der Waals surface area contributed by atoms with Crippen LogP contribution in [-0.2, 0) is 17.3 Å². The van der Waals surface area contributed by atoms with Gasteiger partial charge in [-0.3, -0.25) is 0 Å². The lowest BCUT2D eigenvalue weighted by Crippen LogP contribution is -2.18. The maximum absolute atomic E-state index is 10.9. The Bertz CT molecular complexity index is 507. The normalized spacial score (nSPS) is 13.8. The van der Waals surface area contributed by atoms with Gasteiger partial charge >= 0.3 is 0 Å². The van der Waals surface area contributed by atoms with Gasteiger partial charge in [-0.25, -0.2) is 0 Å². The molecule has 1 aromatic carbocycles. The van der Waals surface area contributed by atoms with Gasteiger partial charge in [0, 0.05) is 0 Å². The van der Waals surface area contributed by atoms with Crippen molar-refractivity contribution in [2.45, 2.75) is 118 Å². The van der Waals surface area contributed by atoms with Crippen LogP contribution in [0.1, 0.15) is 117 Å². The van der Waals surface area contributed by atoms with Gasteiger partial charge < -0.3 is 5.11 Å². The number of hydrogen-bond acceptors (Lipinski definition) is 1. The number of unbranched alkanes of at least 4 members (excludes halogenated alkanes) is 5. The first-order chi connectivity index (χ1) is 12.0. The van der Waals surface area contributed by atoms with Crippen LogP contribution in [0.25, 0.3) is 0 Å². The lowest BCUT2D eigenvalue weighted by Gasteiger charge is -2.28. The van der Waals surface area contributed by atoms with Crippen LogP contribution < -0.4 is 0 Å². The summed E-state index contributed by atoms with van der Waals surface area (Å²) in [5, 5.41) is 10.9. The van der Waals surface area contributed by atoms with E-state index in [1.54, 1.807) is 0 Å². The van der Waals surface area contributed by atoms with Crippen LogP contribution in [0.15, 0.2) is 12.1 Å². The van der Waals surface area contributed by atoms with E-state index in [1.165, 1.54) is 50.5 Å². The van der Waals surface area contributed by atoms with E-state index in [4.69, 9.17) is 0 Å². The molecule has 0 saturated carbocycles. The van der Waals surface area contributed by atoms with Crippen LogP contribution in [0.5, 0.6) is 5.75 Å². The standard InChI is InChI=1S/C25H44O/c1-9-10-11-12-13-14-15-19(2)16-20-17-21(24(3,4)5)23(26)22(18-20)25(6,7)8/h17-19,26H,9-16H2,1-8H3. The monoisotopic (exact) mass is 360 g/mol. The Labute approximate surface area is 163 Å². The van der Waals surface area contributed by atoms with Crippen molar-refractivity contribution in [1.82, 2.24) is 0 Å². The molecule has 1 heteroatoms. The average molecular weight is 361 g/mol. The first-order valence-electron chi connectivity index (χ1n) is 10.8. The zero-order valence-electron chi connectivity index (χ0n) is 18.8. The van der Waals surface area contributed by atoms with Gasteiger partial charge in [0.25, 0.3) is 0 Å². The van der Waals surface area contributed by atoms with Crippen LogP contribution in [-0.4, -0.2) is 5.11 Å². The predicted octanol–water partition coefficient (Wildman–Crippen LogP) is 7.92. The van der Waals surface area contributed by atoms with Crippen LogP contribution in [0.3, 0.4) is 0 Å². The summed E-state index contributed by atoms with van der Waals surface area (Å²) in [4.78, 5) is 0. The summed E-state index contributed by atoms with van der Waals surface area (Å²) in [6.07, 6.45) is 10.6. The molecule has 0 fully saturated rings. The molecule has 0 bridgehead atoms. The van der Waals surface area contributed by atoms with Crippen molar-refractivity contribution in [1.29, 1.82) is 0 Å². The van der Waals surface area contributed by atoms with Crippen molar-refractivity contribution < 1.29 is 5.11 Å². The molecule has 1 N–H and O–H groups in total. The van der Waals surface area contributed by atoms with Crippen molar-refractivity contribution >= 4 is 0 Å². The van der Waals surface area contributed by atoms with Gasteiger partial charge in [0.15, 0.2) is 0 Å². The topological polar surface area (TPSA) is 20.2 Å². The second-order valence-electron chi connectivity index (χ2n) is 10.4. The lowest BCUT2D eigenvalue weighted by atomic mass is 9.77. The molecule has 0 aliphatic carbocycles. The summed E-state index contributed by atoms with van der Waals surface area (Å²) < 4.78 is 0. The summed E-state index contributed by atoms with van der Waals surface area (Å²) in [5.74, 6) is 1.20. The second kappa shape index (κ2) is 9.81. The molecule has 0 amide bonds. The van der Waals surface area contributed by atoms with Gasteiger partial charge in [0.1, 0.15) is 5.75 Å². The van der Waals surface area contributed by atoms with E-state index in [-0.39, 0.29) is 10.8 Å². The van der Waals surface area contributed by atoms with Crippen molar-refractivity contribution in [3.05, 3.63) is 28.8 Å². The first kappa shape index (κ1) is 23.1. The molecule has 0 saturated heterocycles. The van der Waals surface area contributed by atoms with Crippen molar-refractivity contribution in [2.24, 2.45) is 5.92 Å². The zero-order chi connectivity index (χ0) is 20.0. The van der Waals surface area contributed by atoms with Crippen LogP contribution in [0, 0.1) is 5.92 Å². The van der Waals surface area contributed by atoms with E-state index in [0.717, 1.165) is 17.5 Å². The van der Waals surface area contributed by atoms with E-state index >= 15 is 0 Å². The summed E-state index contributed by atoms with van der Waals surface area (Å²) in [7, 11) is 0. The summed E-state index contributed by atoms with van der Waals surface area (Å²) >= 11 is 0. The summed E-state index contributed by atoms with van der Waals surface area (Å²) in [6.45, 7) is 17.8. The average Bonchev–Trinajstić information content (AvgIpc) is 2.50. The van der Waals surface area contributed by atoms with Gasteiger partial charge in [-0.05, 0) is 39.9 Å². The molecule has 0 aromatic heterocycles. The Morgan fingerprint density at radius 3 is 1.73 bits per heavy atom. The van der Waals surface area contributed by atoms with Crippen molar-refractivity contribution in [3.8, 4) is 5.75 Å². The number of phenolic OH excluding ortho intramolecular Hbond substituents is 1. The molecule has 0 radical (unpaired) electrons. The summed E-state index contributed by atoms with van der Waals surface area (Å²) in [6, 6.07) is 4.50. The Kier molecular flexibility index (Phi) is 8.70. The maximum atomic E-state index is 10.9. The largest absolute Gasteiger partial charge is 0.507 e. The molecule has 1 atom stereocenters. The molecule has 1 aromatic rings. The Hall–Kier alpha value is -0.980. The Balaban J connectivity index is 2.82. The molecule has 26 heavy (non-hydrogen) atoms. The minimum Gasteiger partial charge on any atom is -0.507 e. The summed E-state index contributed by atoms with van der Waals surface area (Å²) in [5.41, 5.74) is 3.49. The van der Waals surface area contributed by atoms with Crippen molar-refractivity contribution in [3.63, 3.8) is 0 Å². The smallest absolute Gasteiger partial charge is 0.123 e. The third-order valence-electron chi connectivity index (χ3n) is 5.42. The Morgan fingerprint density at radius 1 is 0.808 bits per heavy atom. The zero-order valence-corrected chi connectivity index (χ0v) is 18.8. The fraction of sp³-hybridized carbons (Fsp3) is 0.760. The lowest BCUT2D eigenvalue weighted by molar-refractivity contribution is 0.421. The maximum Gasteiger partial charge on any atom is 0.123 e. The quantitative estimate of drug-likeness (QED) is 0.443. The highest BCUT2D eigenvalue weighted by Gasteiger charge is 2.26. The van der Waals surface area contributed by atoms with Crippen molar-refractivity contribution in [2.75, 3.05) is 0 Å². The first-order valence-corrected chi connectivity index (χ1v) is 10.8. The fourth-order valence-electron chi connectivity index (χ4n) is 3.73. The molecule has 0 aliphatic rings. The number of phenols is 1. The van der Waals surface area contributed by atoms with E-state index in [1.807, 2.05) is 0 Å². The number of aromatic hydroxyl groups is 1. The third-order valence-corrected chi connectivity index (χ3v) is 5.42. The Morgan fingerprint density at radius 2 is 1.27 bits per heavy atom. The molecule has 0 spiro atoms. The van der Waals surface area contributed by atoms with E-state index in [2.05, 4.69) is 67.5 Å². The number of benzene rings is 1. The molecule has 1 rings (SSSR count). The minimum absolute atomic E-state index is 0.0391.